The third-order valence-corrected chi connectivity index (χ3v) is 5.59. The van der Waals surface area contributed by atoms with Crippen LogP contribution in [0.1, 0.15) is 48.5 Å². The van der Waals surface area contributed by atoms with Crippen molar-refractivity contribution in [1.29, 1.82) is 0 Å². The minimum atomic E-state index is -0.00987. The maximum atomic E-state index is 5.97. The number of nitrogens with one attached hydrogen (secondary N) is 2. The summed E-state index contributed by atoms with van der Waals surface area (Å²) in [5.41, 5.74) is -0.00987. The van der Waals surface area contributed by atoms with E-state index in [2.05, 4.69) is 68.9 Å². The number of aliphatic imine (C=N–C) groups is 1. The molecule has 0 radical (unpaired) electrons. The summed E-state index contributed by atoms with van der Waals surface area (Å²) in [6.07, 6.45) is 0.747. The molecule has 2 fully saturated rings. The first-order valence-corrected chi connectivity index (χ1v) is 11.5. The van der Waals surface area contributed by atoms with Gasteiger partial charge in [-0.3, -0.25) is 14.8 Å². The topological polar surface area (TPSA) is 61.4 Å². The van der Waals surface area contributed by atoms with Gasteiger partial charge in [0, 0.05) is 51.4 Å². The van der Waals surface area contributed by atoms with E-state index in [0.29, 0.717) is 5.92 Å². The van der Waals surface area contributed by atoms with E-state index < -0.39 is 0 Å². The highest BCUT2D eigenvalue weighted by atomic mass is 16.5. The van der Waals surface area contributed by atoms with Crippen molar-refractivity contribution >= 4 is 5.96 Å². The predicted molar refractivity (Wildman–Crippen MR) is 121 cm³/mol. The zero-order chi connectivity index (χ0) is 21.4. The highest BCUT2D eigenvalue weighted by molar-refractivity contribution is 5.79. The largest absolute Gasteiger partial charge is 0.374 e. The third-order valence-electron chi connectivity index (χ3n) is 5.59. The first kappa shape index (κ1) is 24.4. The van der Waals surface area contributed by atoms with Gasteiger partial charge in [0.1, 0.15) is 0 Å². The Morgan fingerprint density at radius 2 is 1.83 bits per heavy atom. The van der Waals surface area contributed by atoms with E-state index in [-0.39, 0.29) is 23.9 Å². The Morgan fingerprint density at radius 3 is 2.45 bits per heavy atom. The van der Waals surface area contributed by atoms with Crippen LogP contribution in [0.15, 0.2) is 4.99 Å². The Bertz CT molecular complexity index is 501. The Morgan fingerprint density at radius 1 is 1.14 bits per heavy atom. The maximum absolute atomic E-state index is 5.97. The molecule has 0 saturated carbocycles. The molecule has 0 aromatic rings. The molecule has 0 bridgehead atoms. The maximum Gasteiger partial charge on any atom is 0.191 e. The average Bonchev–Trinajstić information content (AvgIpc) is 2.63. The lowest BCUT2D eigenvalue weighted by Gasteiger charge is -2.44. The molecule has 2 saturated heterocycles. The highest BCUT2D eigenvalue weighted by Gasteiger charge is 2.33. The Hall–Kier alpha value is -0.890. The first-order valence-electron chi connectivity index (χ1n) is 11.5. The molecule has 29 heavy (non-hydrogen) atoms. The number of morpholine rings is 2. The molecule has 0 spiro atoms. The van der Waals surface area contributed by atoms with Gasteiger partial charge < -0.3 is 20.1 Å². The van der Waals surface area contributed by atoms with E-state index >= 15 is 0 Å². The molecule has 2 heterocycles. The number of hydrogen-bond acceptors (Lipinski definition) is 5. The van der Waals surface area contributed by atoms with Gasteiger partial charge in [-0.15, -0.1) is 0 Å². The molecule has 2 aliphatic rings. The fourth-order valence-corrected chi connectivity index (χ4v) is 4.18. The van der Waals surface area contributed by atoms with Crippen molar-refractivity contribution in [3.05, 3.63) is 0 Å². The zero-order valence-corrected chi connectivity index (χ0v) is 19.8. The van der Waals surface area contributed by atoms with Crippen molar-refractivity contribution in [3.8, 4) is 0 Å². The van der Waals surface area contributed by atoms with Crippen LogP contribution in [0, 0.1) is 5.92 Å². The van der Waals surface area contributed by atoms with Crippen molar-refractivity contribution in [1.82, 2.24) is 20.4 Å². The van der Waals surface area contributed by atoms with Gasteiger partial charge in [0.05, 0.1) is 31.5 Å². The minimum Gasteiger partial charge on any atom is -0.374 e. The lowest BCUT2D eigenvalue weighted by Crippen LogP contribution is -2.56. The van der Waals surface area contributed by atoms with E-state index in [1.54, 1.807) is 0 Å². The van der Waals surface area contributed by atoms with Crippen molar-refractivity contribution in [3.63, 3.8) is 0 Å². The molecule has 7 nitrogen and oxygen atoms in total. The van der Waals surface area contributed by atoms with Crippen LogP contribution in [0.3, 0.4) is 0 Å². The molecule has 0 aromatic carbocycles. The standard InChI is InChI=1S/C22H45N5O2/c1-8-23-21(24-11-20-15-26(9-10-28-20)12-17(2)3)25-16-22(6,7)27-13-18(4)29-19(5)14-27/h17-20H,8-16H2,1-7H3,(H2,23,24,25). The second-order valence-electron chi connectivity index (χ2n) is 9.70. The van der Waals surface area contributed by atoms with Gasteiger partial charge >= 0.3 is 0 Å². The van der Waals surface area contributed by atoms with Gasteiger partial charge in [0.25, 0.3) is 0 Å². The molecule has 0 aliphatic carbocycles. The smallest absolute Gasteiger partial charge is 0.191 e. The minimum absolute atomic E-state index is 0.00987. The summed E-state index contributed by atoms with van der Waals surface area (Å²) in [7, 11) is 0. The highest BCUT2D eigenvalue weighted by Crippen LogP contribution is 2.21. The summed E-state index contributed by atoms with van der Waals surface area (Å²) >= 11 is 0. The molecule has 2 aliphatic heterocycles. The Kier molecular flexibility index (Phi) is 9.66. The average molecular weight is 412 g/mol. The zero-order valence-electron chi connectivity index (χ0n) is 19.8. The molecule has 7 heteroatoms. The van der Waals surface area contributed by atoms with Gasteiger partial charge in [0.15, 0.2) is 5.96 Å². The molecule has 3 atom stereocenters. The number of rotatable bonds is 8. The fourth-order valence-electron chi connectivity index (χ4n) is 4.18. The summed E-state index contributed by atoms with van der Waals surface area (Å²) in [5.74, 6) is 1.56. The van der Waals surface area contributed by atoms with E-state index in [4.69, 9.17) is 14.5 Å². The number of hydrogen-bond donors (Lipinski definition) is 2. The predicted octanol–water partition coefficient (Wildman–Crippen LogP) is 1.79. The van der Waals surface area contributed by atoms with Gasteiger partial charge in [-0.2, -0.15) is 0 Å². The number of nitrogens with zero attached hydrogens (tertiary/aromatic N) is 3. The number of guanidine groups is 1. The van der Waals surface area contributed by atoms with Crippen LogP contribution in [0.25, 0.3) is 0 Å². The molecule has 3 unspecified atom stereocenters. The molecular weight excluding hydrogens is 366 g/mol. The number of ether oxygens (including phenoxy) is 2. The quantitative estimate of drug-likeness (QED) is 0.469. The first-order chi connectivity index (χ1) is 13.7. The third kappa shape index (κ3) is 8.40. The van der Waals surface area contributed by atoms with Crippen molar-refractivity contribution in [2.45, 2.75) is 72.3 Å². The Labute approximate surface area is 178 Å². The second kappa shape index (κ2) is 11.5. The van der Waals surface area contributed by atoms with Gasteiger partial charge in [-0.25, -0.2) is 0 Å². The summed E-state index contributed by atoms with van der Waals surface area (Å²) in [6, 6.07) is 0. The molecule has 2 rings (SSSR count). The molecular formula is C22H45N5O2. The van der Waals surface area contributed by atoms with Crippen molar-refractivity contribution in [2.24, 2.45) is 10.9 Å². The van der Waals surface area contributed by atoms with Crippen LogP contribution in [-0.4, -0.2) is 98.6 Å². The lowest BCUT2D eigenvalue weighted by molar-refractivity contribution is -0.0939. The normalized spacial score (nSPS) is 28.0. The van der Waals surface area contributed by atoms with Crippen LogP contribution in [0.4, 0.5) is 0 Å². The molecule has 2 N–H and O–H groups in total. The second-order valence-corrected chi connectivity index (χ2v) is 9.70. The van der Waals surface area contributed by atoms with Crippen molar-refractivity contribution < 1.29 is 9.47 Å². The van der Waals surface area contributed by atoms with Gasteiger partial charge in [-0.1, -0.05) is 13.8 Å². The Balaban J connectivity index is 1.88. The fraction of sp³-hybridized carbons (Fsp3) is 0.955. The van der Waals surface area contributed by atoms with Crippen LogP contribution >= 0.6 is 0 Å². The molecule has 170 valence electrons. The van der Waals surface area contributed by atoms with Crippen molar-refractivity contribution in [2.75, 3.05) is 59.0 Å². The van der Waals surface area contributed by atoms with E-state index in [9.17, 15) is 0 Å². The van der Waals surface area contributed by atoms with Crippen LogP contribution in [-0.2, 0) is 9.47 Å². The molecule has 0 amide bonds. The summed E-state index contributed by atoms with van der Waals surface area (Å²) < 4.78 is 11.9. The summed E-state index contributed by atoms with van der Waals surface area (Å²) in [5, 5.41) is 6.89. The van der Waals surface area contributed by atoms with Crippen LogP contribution in [0.2, 0.25) is 0 Å². The van der Waals surface area contributed by atoms with Crippen LogP contribution < -0.4 is 10.6 Å². The van der Waals surface area contributed by atoms with E-state index in [1.807, 2.05) is 0 Å². The van der Waals surface area contributed by atoms with E-state index in [0.717, 1.165) is 64.9 Å². The van der Waals surface area contributed by atoms with Crippen LogP contribution in [0.5, 0.6) is 0 Å². The SMILES string of the molecule is CCNC(=NCC(C)(C)N1CC(C)OC(C)C1)NCC1CN(CC(C)C)CCO1. The monoisotopic (exact) mass is 411 g/mol. The van der Waals surface area contributed by atoms with Gasteiger partial charge in [0.2, 0.25) is 0 Å². The van der Waals surface area contributed by atoms with Gasteiger partial charge in [-0.05, 0) is 40.5 Å². The molecule has 0 aromatic heterocycles. The summed E-state index contributed by atoms with van der Waals surface area (Å²) in [4.78, 5) is 9.92. The lowest BCUT2D eigenvalue weighted by atomic mass is 10.0. The summed E-state index contributed by atoms with van der Waals surface area (Å²) in [6.45, 7) is 23.8. The van der Waals surface area contributed by atoms with E-state index in [1.165, 1.54) is 0 Å².